The van der Waals surface area contributed by atoms with Gasteiger partial charge in [0.15, 0.2) is 18.1 Å². The molecule has 146 valence electrons. The third kappa shape index (κ3) is 4.25. The molecule has 3 rings (SSSR count). The van der Waals surface area contributed by atoms with E-state index in [0.717, 1.165) is 11.0 Å². The van der Waals surface area contributed by atoms with Crippen LogP contribution in [0.3, 0.4) is 0 Å². The molecule has 1 amide bonds. The maximum atomic E-state index is 12.6. The van der Waals surface area contributed by atoms with Crippen molar-refractivity contribution in [3.05, 3.63) is 59.9 Å². The highest BCUT2D eigenvalue weighted by Gasteiger charge is 2.17. The molecule has 0 aliphatic rings. The molecule has 7 nitrogen and oxygen atoms in total. The van der Waals surface area contributed by atoms with Crippen molar-refractivity contribution >= 4 is 22.8 Å². The van der Waals surface area contributed by atoms with Crippen LogP contribution in [0.2, 0.25) is 0 Å². The van der Waals surface area contributed by atoms with E-state index in [1.165, 1.54) is 20.3 Å². The number of benzene rings is 2. The average molecular weight is 383 g/mol. The first-order valence-corrected chi connectivity index (χ1v) is 8.69. The topological polar surface area (TPSA) is 87.0 Å². The molecule has 1 N–H and O–H groups in total. The van der Waals surface area contributed by atoms with E-state index < -0.39 is 5.97 Å². The predicted molar refractivity (Wildman–Crippen MR) is 103 cm³/mol. The minimum atomic E-state index is -0.532. The van der Waals surface area contributed by atoms with Crippen LogP contribution in [0, 0.1) is 0 Å². The summed E-state index contributed by atoms with van der Waals surface area (Å²) in [6, 6.07) is 14.0. The molecular formula is C21H21NO6. The summed E-state index contributed by atoms with van der Waals surface area (Å²) in [6.07, 6.45) is 0. The normalized spacial score (nSPS) is 11.7. The van der Waals surface area contributed by atoms with Crippen LogP contribution < -0.4 is 14.8 Å². The smallest absolute Gasteiger partial charge is 0.343 e. The lowest BCUT2D eigenvalue weighted by Gasteiger charge is -2.14. The number of esters is 1. The fourth-order valence-electron chi connectivity index (χ4n) is 2.69. The van der Waals surface area contributed by atoms with E-state index >= 15 is 0 Å². The Hall–Kier alpha value is -3.48. The number of rotatable bonds is 7. The van der Waals surface area contributed by atoms with Gasteiger partial charge in [-0.25, -0.2) is 4.79 Å². The van der Waals surface area contributed by atoms with Gasteiger partial charge in [-0.2, -0.15) is 0 Å². The highest BCUT2D eigenvalue weighted by molar-refractivity contribution is 5.95. The van der Waals surface area contributed by atoms with Gasteiger partial charge in [-0.15, -0.1) is 0 Å². The van der Waals surface area contributed by atoms with Gasteiger partial charge in [0, 0.05) is 10.9 Å². The lowest BCUT2D eigenvalue weighted by Crippen LogP contribution is -2.26. The van der Waals surface area contributed by atoms with E-state index in [4.69, 9.17) is 13.9 Å². The average Bonchev–Trinajstić information content (AvgIpc) is 3.16. The molecule has 3 aromatic rings. The van der Waals surface area contributed by atoms with E-state index in [0.29, 0.717) is 17.1 Å². The molecule has 1 aromatic heterocycles. The summed E-state index contributed by atoms with van der Waals surface area (Å²) in [4.78, 5) is 24.0. The van der Waals surface area contributed by atoms with Crippen LogP contribution in [0.25, 0.3) is 11.0 Å². The first-order chi connectivity index (χ1) is 13.5. The minimum Gasteiger partial charge on any atom is -0.493 e. The fourth-order valence-corrected chi connectivity index (χ4v) is 2.69. The number of furan rings is 1. The van der Waals surface area contributed by atoms with Gasteiger partial charge in [-0.3, -0.25) is 4.79 Å². The van der Waals surface area contributed by atoms with Crippen molar-refractivity contribution in [1.29, 1.82) is 0 Å². The van der Waals surface area contributed by atoms with Crippen molar-refractivity contribution in [1.82, 2.24) is 5.32 Å². The van der Waals surface area contributed by atoms with Crippen molar-refractivity contribution in [2.45, 2.75) is 13.0 Å². The van der Waals surface area contributed by atoms with Crippen molar-refractivity contribution in [3.63, 3.8) is 0 Å². The summed E-state index contributed by atoms with van der Waals surface area (Å²) < 4.78 is 21.0. The number of nitrogens with one attached hydrogen (secondary N) is 1. The second kappa shape index (κ2) is 8.47. The van der Waals surface area contributed by atoms with Gasteiger partial charge in [-0.05, 0) is 37.3 Å². The molecule has 0 spiro atoms. The third-order valence-corrected chi connectivity index (χ3v) is 4.22. The largest absolute Gasteiger partial charge is 0.493 e. The van der Waals surface area contributed by atoms with Crippen LogP contribution in [-0.2, 0) is 9.53 Å². The van der Waals surface area contributed by atoms with Crippen LogP contribution >= 0.6 is 0 Å². The van der Waals surface area contributed by atoms with Gasteiger partial charge in [0.2, 0.25) is 0 Å². The summed E-state index contributed by atoms with van der Waals surface area (Å²) in [6.45, 7) is 1.56. The summed E-state index contributed by atoms with van der Waals surface area (Å²) in [5.74, 6) is 0.502. The molecular weight excluding hydrogens is 362 g/mol. The number of carbonyl (C=O) groups excluding carboxylic acids is 2. The van der Waals surface area contributed by atoms with Crippen LogP contribution in [0.15, 0.2) is 52.9 Å². The Morgan fingerprint density at radius 3 is 2.57 bits per heavy atom. The zero-order chi connectivity index (χ0) is 20.1. The van der Waals surface area contributed by atoms with Gasteiger partial charge in [0.25, 0.3) is 5.91 Å². The zero-order valence-corrected chi connectivity index (χ0v) is 15.9. The number of carbonyl (C=O) groups is 2. The molecule has 0 saturated carbocycles. The Morgan fingerprint density at radius 1 is 1.07 bits per heavy atom. The maximum Gasteiger partial charge on any atom is 0.343 e. The number of para-hydroxylation sites is 1. The van der Waals surface area contributed by atoms with E-state index in [1.54, 1.807) is 12.1 Å². The number of ether oxygens (including phenoxy) is 3. The highest BCUT2D eigenvalue weighted by Crippen LogP contribution is 2.29. The van der Waals surface area contributed by atoms with Crippen LogP contribution in [-0.4, -0.2) is 32.7 Å². The molecule has 0 saturated heterocycles. The Morgan fingerprint density at radius 2 is 1.86 bits per heavy atom. The fraction of sp³-hybridized carbons (Fsp3) is 0.238. The molecule has 1 unspecified atom stereocenters. The lowest BCUT2D eigenvalue weighted by molar-refractivity contribution is -0.142. The zero-order valence-electron chi connectivity index (χ0n) is 15.9. The Bertz CT molecular complexity index is 960. The summed E-state index contributed by atoms with van der Waals surface area (Å²) >= 11 is 0. The summed E-state index contributed by atoms with van der Waals surface area (Å²) in [5.41, 5.74) is 1.13. The SMILES string of the molecule is COC(=O)COc1cc(C(=O)NC(C)c2cc3ccccc3o2)ccc1OC. The molecule has 1 atom stereocenters. The number of hydrogen-bond acceptors (Lipinski definition) is 6. The molecule has 0 aliphatic carbocycles. The van der Waals surface area contributed by atoms with E-state index in [9.17, 15) is 9.59 Å². The van der Waals surface area contributed by atoms with Gasteiger partial charge < -0.3 is 23.9 Å². The lowest BCUT2D eigenvalue weighted by atomic mass is 10.1. The number of fused-ring (bicyclic) bond motifs is 1. The van der Waals surface area contributed by atoms with Gasteiger partial charge in [0.05, 0.1) is 20.3 Å². The van der Waals surface area contributed by atoms with Crippen molar-refractivity contribution in [2.75, 3.05) is 20.8 Å². The summed E-state index contributed by atoms with van der Waals surface area (Å²) in [7, 11) is 2.75. The van der Waals surface area contributed by atoms with Crippen molar-refractivity contribution in [3.8, 4) is 11.5 Å². The van der Waals surface area contributed by atoms with Gasteiger partial charge in [0.1, 0.15) is 11.3 Å². The summed E-state index contributed by atoms with van der Waals surface area (Å²) in [5, 5.41) is 3.87. The van der Waals surface area contributed by atoms with E-state index in [-0.39, 0.29) is 24.3 Å². The maximum absolute atomic E-state index is 12.6. The molecule has 0 radical (unpaired) electrons. The van der Waals surface area contributed by atoms with Crippen LogP contribution in [0.5, 0.6) is 11.5 Å². The van der Waals surface area contributed by atoms with Crippen molar-refractivity contribution in [2.24, 2.45) is 0 Å². The molecule has 2 aromatic carbocycles. The number of methoxy groups -OCH3 is 2. The standard InChI is InChI=1S/C21H21NO6/c1-13(18-10-14-6-4-5-7-16(14)28-18)22-21(24)15-8-9-17(25-2)19(11-15)27-12-20(23)26-3/h4-11,13H,12H2,1-3H3,(H,22,24). The quantitative estimate of drug-likeness (QED) is 0.629. The van der Waals surface area contributed by atoms with Gasteiger partial charge >= 0.3 is 5.97 Å². The van der Waals surface area contributed by atoms with Crippen molar-refractivity contribution < 1.29 is 28.2 Å². The van der Waals surface area contributed by atoms with E-state index in [2.05, 4.69) is 10.1 Å². The Balaban J connectivity index is 1.74. The molecule has 7 heteroatoms. The Labute approximate surface area is 162 Å². The number of amides is 1. The predicted octanol–water partition coefficient (Wildman–Crippen LogP) is 3.48. The first-order valence-electron chi connectivity index (χ1n) is 8.69. The first kappa shape index (κ1) is 19.3. The van der Waals surface area contributed by atoms with Gasteiger partial charge in [-0.1, -0.05) is 18.2 Å². The highest BCUT2D eigenvalue weighted by atomic mass is 16.6. The Kier molecular flexibility index (Phi) is 5.84. The third-order valence-electron chi connectivity index (χ3n) is 4.22. The molecule has 28 heavy (non-hydrogen) atoms. The minimum absolute atomic E-state index is 0.275. The van der Waals surface area contributed by atoms with E-state index in [1.807, 2.05) is 37.3 Å². The number of hydrogen-bond donors (Lipinski definition) is 1. The second-order valence-electron chi connectivity index (χ2n) is 6.11. The second-order valence-corrected chi connectivity index (χ2v) is 6.11. The monoisotopic (exact) mass is 383 g/mol. The molecule has 0 aliphatic heterocycles. The molecule has 0 bridgehead atoms. The van der Waals surface area contributed by atoms with Crippen LogP contribution in [0.4, 0.5) is 0 Å². The van der Waals surface area contributed by atoms with Crippen LogP contribution in [0.1, 0.15) is 29.1 Å². The molecule has 0 fully saturated rings. The molecule has 1 heterocycles.